The Labute approximate surface area is 220 Å². The Bertz CT molecular complexity index is 1410. The van der Waals surface area contributed by atoms with Crippen molar-refractivity contribution in [3.05, 3.63) is 84.1 Å². The molecule has 0 fully saturated rings. The molecule has 192 valence electrons. The zero-order valence-corrected chi connectivity index (χ0v) is 22.6. The number of nitrogens with one attached hydrogen (secondary N) is 2. The predicted molar refractivity (Wildman–Crippen MR) is 149 cm³/mol. The second kappa shape index (κ2) is 10.7. The Morgan fingerprint density at radius 3 is 2.54 bits per heavy atom. The molecule has 2 heterocycles. The molecule has 0 bridgehead atoms. The minimum Gasteiger partial charge on any atom is -0.593 e. The second-order valence-corrected chi connectivity index (χ2v) is 10.9. The van der Waals surface area contributed by atoms with Gasteiger partial charge in [-0.15, -0.1) is 0 Å². The minimum atomic E-state index is -1.31. The van der Waals surface area contributed by atoms with Gasteiger partial charge in [-0.2, -0.15) is 0 Å². The van der Waals surface area contributed by atoms with Crippen molar-refractivity contribution in [3.63, 3.8) is 0 Å². The van der Waals surface area contributed by atoms with E-state index in [0.29, 0.717) is 22.7 Å². The van der Waals surface area contributed by atoms with E-state index in [1.54, 1.807) is 31.0 Å². The topological polar surface area (TPSA) is 104 Å². The van der Waals surface area contributed by atoms with E-state index in [1.165, 1.54) is 7.11 Å². The van der Waals surface area contributed by atoms with Crippen LogP contribution in [0.15, 0.2) is 67.4 Å². The number of hydrogen-bond donors (Lipinski definition) is 2. The standard InChI is InChI=1S/C28H31N5O3S/c1-18-9-10-19(12-25(18)33-16-24(30-17-33)20-8-7-11-29-15-20)27(34)31-22-13-21(28(2,3)4)14-23(26(22)36-5)32-37(6)35/h7-17,32H,1-6H3,(H,31,34). The molecule has 4 rings (SSSR count). The van der Waals surface area contributed by atoms with E-state index in [9.17, 15) is 9.35 Å². The fourth-order valence-electron chi connectivity index (χ4n) is 3.95. The molecular weight excluding hydrogens is 486 g/mol. The molecule has 1 unspecified atom stereocenters. The highest BCUT2D eigenvalue weighted by atomic mass is 32.2. The Kier molecular flexibility index (Phi) is 7.56. The largest absolute Gasteiger partial charge is 0.593 e. The summed E-state index contributed by atoms with van der Waals surface area (Å²) in [4.78, 5) is 22.1. The Morgan fingerprint density at radius 1 is 1.14 bits per heavy atom. The molecule has 4 aromatic rings. The number of aromatic nitrogens is 3. The first-order valence-electron chi connectivity index (χ1n) is 11.8. The van der Waals surface area contributed by atoms with Gasteiger partial charge in [-0.3, -0.25) is 9.78 Å². The lowest BCUT2D eigenvalue weighted by molar-refractivity contribution is 0.102. The molecular formula is C28H31N5O3S. The number of rotatable bonds is 7. The monoisotopic (exact) mass is 517 g/mol. The van der Waals surface area contributed by atoms with Crippen LogP contribution in [0.1, 0.15) is 42.3 Å². The number of carbonyl (C=O) groups excluding carboxylic acids is 1. The highest BCUT2D eigenvalue weighted by molar-refractivity contribution is 7.92. The third kappa shape index (κ3) is 5.95. The molecule has 0 saturated heterocycles. The van der Waals surface area contributed by atoms with Crippen LogP contribution < -0.4 is 14.8 Å². The summed E-state index contributed by atoms with van der Waals surface area (Å²) < 4.78 is 22.4. The number of amides is 1. The normalized spacial score (nSPS) is 12.2. The van der Waals surface area contributed by atoms with Crippen LogP contribution in [-0.2, 0) is 16.8 Å². The average Bonchev–Trinajstić information content (AvgIpc) is 3.34. The summed E-state index contributed by atoms with van der Waals surface area (Å²) in [5.41, 5.74) is 5.83. The number of pyridine rings is 1. The highest BCUT2D eigenvalue weighted by Gasteiger charge is 2.23. The quantitative estimate of drug-likeness (QED) is 0.314. The van der Waals surface area contributed by atoms with E-state index in [4.69, 9.17) is 4.74 Å². The number of carbonyl (C=O) groups is 1. The van der Waals surface area contributed by atoms with Crippen LogP contribution in [0.4, 0.5) is 11.4 Å². The zero-order chi connectivity index (χ0) is 26.7. The first-order chi connectivity index (χ1) is 17.6. The van der Waals surface area contributed by atoms with Crippen molar-refractivity contribution in [2.24, 2.45) is 0 Å². The smallest absolute Gasteiger partial charge is 0.255 e. The molecule has 0 aliphatic rings. The molecule has 0 aliphatic heterocycles. The van der Waals surface area contributed by atoms with Gasteiger partial charge in [-0.25, -0.2) is 9.71 Å². The van der Waals surface area contributed by atoms with E-state index < -0.39 is 11.4 Å². The van der Waals surface area contributed by atoms with Gasteiger partial charge < -0.3 is 19.2 Å². The maximum absolute atomic E-state index is 13.4. The zero-order valence-electron chi connectivity index (χ0n) is 21.8. The molecule has 37 heavy (non-hydrogen) atoms. The van der Waals surface area contributed by atoms with Gasteiger partial charge in [0.25, 0.3) is 5.91 Å². The molecule has 1 amide bonds. The van der Waals surface area contributed by atoms with E-state index in [0.717, 1.165) is 28.1 Å². The molecule has 0 spiro atoms. The molecule has 0 radical (unpaired) electrons. The van der Waals surface area contributed by atoms with Crippen LogP contribution in [-0.4, -0.2) is 38.4 Å². The van der Waals surface area contributed by atoms with Crippen molar-refractivity contribution >= 4 is 28.6 Å². The molecule has 2 aromatic heterocycles. The predicted octanol–water partition coefficient (Wildman–Crippen LogP) is 5.51. The van der Waals surface area contributed by atoms with Gasteiger partial charge >= 0.3 is 0 Å². The molecule has 9 heteroatoms. The van der Waals surface area contributed by atoms with Crippen LogP contribution in [0, 0.1) is 6.92 Å². The van der Waals surface area contributed by atoms with Crippen LogP contribution >= 0.6 is 0 Å². The number of imidazole rings is 1. The molecule has 0 saturated carbocycles. The van der Waals surface area contributed by atoms with Gasteiger partial charge in [-0.05, 0) is 59.9 Å². The lowest BCUT2D eigenvalue weighted by Gasteiger charge is -2.24. The van der Waals surface area contributed by atoms with Gasteiger partial charge in [0, 0.05) is 29.7 Å². The van der Waals surface area contributed by atoms with Crippen molar-refractivity contribution < 1.29 is 14.1 Å². The Morgan fingerprint density at radius 2 is 1.89 bits per heavy atom. The first kappa shape index (κ1) is 26.2. The summed E-state index contributed by atoms with van der Waals surface area (Å²) in [5.74, 6) is 0.126. The maximum Gasteiger partial charge on any atom is 0.255 e. The van der Waals surface area contributed by atoms with Crippen molar-refractivity contribution in [3.8, 4) is 22.7 Å². The SMILES string of the molecule is COc1c(NC(=O)c2ccc(C)c(-n3cnc(-c4cccnc4)c3)c2)cc(C(C)(C)C)cc1N[S+](C)[O-]. The molecule has 0 aliphatic carbocycles. The van der Waals surface area contributed by atoms with Crippen LogP contribution in [0.25, 0.3) is 16.9 Å². The second-order valence-electron chi connectivity index (χ2n) is 9.77. The van der Waals surface area contributed by atoms with Crippen molar-refractivity contribution in [2.75, 3.05) is 23.4 Å². The van der Waals surface area contributed by atoms with Crippen LogP contribution in [0.3, 0.4) is 0 Å². The molecule has 1 atom stereocenters. The van der Waals surface area contributed by atoms with Crippen LogP contribution in [0.5, 0.6) is 5.75 Å². The maximum atomic E-state index is 13.4. The number of nitrogens with zero attached hydrogens (tertiary/aromatic N) is 3. The fourth-order valence-corrected chi connectivity index (χ4v) is 4.41. The van der Waals surface area contributed by atoms with Gasteiger partial charge in [0.15, 0.2) is 5.75 Å². The summed E-state index contributed by atoms with van der Waals surface area (Å²) in [7, 11) is 1.52. The van der Waals surface area contributed by atoms with Crippen molar-refractivity contribution in [1.82, 2.24) is 14.5 Å². The molecule has 8 nitrogen and oxygen atoms in total. The molecule has 2 N–H and O–H groups in total. The third-order valence-corrected chi connectivity index (χ3v) is 6.46. The van der Waals surface area contributed by atoms with Crippen molar-refractivity contribution in [1.29, 1.82) is 0 Å². The average molecular weight is 518 g/mol. The van der Waals surface area contributed by atoms with E-state index in [1.807, 2.05) is 54.1 Å². The van der Waals surface area contributed by atoms with E-state index >= 15 is 0 Å². The lowest BCUT2D eigenvalue weighted by Crippen LogP contribution is -2.18. The van der Waals surface area contributed by atoms with Gasteiger partial charge in [-0.1, -0.05) is 26.8 Å². The third-order valence-electron chi connectivity index (χ3n) is 5.95. The number of hydrogen-bond acceptors (Lipinski definition) is 6. The summed E-state index contributed by atoms with van der Waals surface area (Å²) in [6.45, 7) is 8.21. The van der Waals surface area contributed by atoms with Crippen LogP contribution in [0.2, 0.25) is 0 Å². The summed E-state index contributed by atoms with van der Waals surface area (Å²) in [6, 6.07) is 13.1. The number of methoxy groups -OCH3 is 1. The minimum absolute atomic E-state index is 0.207. The van der Waals surface area contributed by atoms with Gasteiger partial charge in [0.2, 0.25) is 0 Å². The summed E-state index contributed by atoms with van der Waals surface area (Å²) in [5, 5.41) is 3.00. The Balaban J connectivity index is 1.68. The number of benzene rings is 2. The Hall–Kier alpha value is -3.82. The van der Waals surface area contributed by atoms with E-state index in [-0.39, 0.29) is 11.3 Å². The van der Waals surface area contributed by atoms with E-state index in [2.05, 4.69) is 40.8 Å². The molecule has 2 aromatic carbocycles. The fraction of sp³-hybridized carbons (Fsp3) is 0.250. The van der Waals surface area contributed by atoms with Gasteiger partial charge in [0.1, 0.15) is 11.9 Å². The lowest BCUT2D eigenvalue weighted by atomic mass is 9.86. The number of aryl methyl sites for hydroxylation is 1. The summed E-state index contributed by atoms with van der Waals surface area (Å²) in [6.07, 6.45) is 8.68. The number of ether oxygens (including phenoxy) is 1. The first-order valence-corrected chi connectivity index (χ1v) is 13.3. The van der Waals surface area contributed by atoms with Gasteiger partial charge in [0.05, 0.1) is 41.9 Å². The highest BCUT2D eigenvalue weighted by Crippen LogP contribution is 2.39. The van der Waals surface area contributed by atoms with Crippen molar-refractivity contribution in [2.45, 2.75) is 33.1 Å². The number of anilines is 2. The summed E-state index contributed by atoms with van der Waals surface area (Å²) >= 11 is -1.31.